The number of carbonyl (C=O) groups is 1. The van der Waals surface area contributed by atoms with Gasteiger partial charge in [-0.3, -0.25) is 4.79 Å². The molecule has 1 amide bonds. The Bertz CT molecular complexity index is 962. The number of aryl methyl sites for hydroxylation is 1. The number of rotatable bonds is 5. The molecule has 0 aliphatic carbocycles. The molecule has 2 aromatic carbocycles. The molecule has 0 spiro atoms. The average molecular weight is 330 g/mol. The second kappa shape index (κ2) is 7.50. The lowest BCUT2D eigenvalue weighted by molar-refractivity contribution is -0.117. The second-order valence-corrected chi connectivity index (χ2v) is 5.63. The van der Waals surface area contributed by atoms with Crippen LogP contribution in [0.4, 0.5) is 0 Å². The van der Waals surface area contributed by atoms with E-state index in [9.17, 15) is 10.1 Å². The summed E-state index contributed by atoms with van der Waals surface area (Å²) in [6.07, 6.45) is 2.30. The number of furan rings is 1. The summed E-state index contributed by atoms with van der Waals surface area (Å²) in [4.78, 5) is 12.4. The Hall–Kier alpha value is -3.32. The Labute approximate surface area is 146 Å². The van der Waals surface area contributed by atoms with Gasteiger partial charge < -0.3 is 9.73 Å². The third-order valence-corrected chi connectivity index (χ3v) is 3.98. The number of hydrogen-bond donors (Lipinski definition) is 1. The van der Waals surface area contributed by atoms with Gasteiger partial charge in [0.05, 0.1) is 0 Å². The van der Waals surface area contributed by atoms with Gasteiger partial charge >= 0.3 is 0 Å². The van der Waals surface area contributed by atoms with E-state index in [0.29, 0.717) is 13.0 Å². The van der Waals surface area contributed by atoms with Gasteiger partial charge in [-0.1, -0.05) is 55.5 Å². The summed E-state index contributed by atoms with van der Waals surface area (Å²) in [7, 11) is 0. The molecule has 0 fully saturated rings. The molecule has 0 unspecified atom stereocenters. The number of nitrogens with one attached hydrogen (secondary N) is 1. The molecule has 25 heavy (non-hydrogen) atoms. The van der Waals surface area contributed by atoms with E-state index in [1.807, 2.05) is 67.6 Å². The maximum atomic E-state index is 12.4. The van der Waals surface area contributed by atoms with Crippen LogP contribution in [0.3, 0.4) is 0 Å². The van der Waals surface area contributed by atoms with Gasteiger partial charge in [0.15, 0.2) is 0 Å². The third kappa shape index (κ3) is 3.61. The minimum Gasteiger partial charge on any atom is -0.460 e. The van der Waals surface area contributed by atoms with Gasteiger partial charge in [0.2, 0.25) is 0 Å². The highest BCUT2D eigenvalue weighted by atomic mass is 16.3. The summed E-state index contributed by atoms with van der Waals surface area (Å²) in [5, 5.41) is 13.1. The largest absolute Gasteiger partial charge is 0.460 e. The number of benzene rings is 2. The Morgan fingerprint density at radius 1 is 1.16 bits per heavy atom. The normalized spacial score (nSPS) is 11.3. The number of amides is 1. The van der Waals surface area contributed by atoms with Crippen molar-refractivity contribution in [2.45, 2.75) is 19.9 Å². The van der Waals surface area contributed by atoms with Crippen molar-refractivity contribution in [3.05, 3.63) is 77.1 Å². The van der Waals surface area contributed by atoms with Crippen LogP contribution in [0, 0.1) is 11.3 Å². The van der Waals surface area contributed by atoms with Crippen LogP contribution in [0.15, 0.2) is 64.6 Å². The van der Waals surface area contributed by atoms with Crippen molar-refractivity contribution in [3.8, 4) is 6.07 Å². The Balaban J connectivity index is 1.88. The van der Waals surface area contributed by atoms with Crippen molar-refractivity contribution in [1.29, 1.82) is 5.26 Å². The minimum absolute atomic E-state index is 0.0668. The fourth-order valence-electron chi connectivity index (χ4n) is 2.70. The number of carbonyl (C=O) groups excluding carboxylic acids is 1. The number of fused-ring (bicyclic) bond motifs is 1. The first-order valence-electron chi connectivity index (χ1n) is 8.17. The number of hydrogen-bond acceptors (Lipinski definition) is 3. The van der Waals surface area contributed by atoms with Gasteiger partial charge in [-0.25, -0.2) is 0 Å². The van der Waals surface area contributed by atoms with Crippen LogP contribution in [-0.2, 0) is 17.8 Å². The Morgan fingerprint density at radius 2 is 1.88 bits per heavy atom. The number of para-hydroxylation sites is 1. The summed E-state index contributed by atoms with van der Waals surface area (Å²) in [5.74, 6) is 0.378. The molecule has 0 aliphatic rings. The van der Waals surface area contributed by atoms with E-state index in [0.717, 1.165) is 27.9 Å². The zero-order valence-electron chi connectivity index (χ0n) is 14.0. The molecule has 3 rings (SSSR count). The van der Waals surface area contributed by atoms with Crippen LogP contribution in [-0.4, -0.2) is 5.91 Å². The molecular weight excluding hydrogens is 312 g/mol. The first-order chi connectivity index (χ1) is 12.2. The first-order valence-corrected chi connectivity index (χ1v) is 8.17. The fourth-order valence-corrected chi connectivity index (χ4v) is 2.70. The van der Waals surface area contributed by atoms with Gasteiger partial charge in [-0.2, -0.15) is 5.26 Å². The van der Waals surface area contributed by atoms with Crippen molar-refractivity contribution in [1.82, 2.24) is 5.32 Å². The Morgan fingerprint density at radius 3 is 2.60 bits per heavy atom. The minimum atomic E-state index is -0.390. The maximum Gasteiger partial charge on any atom is 0.262 e. The molecule has 3 aromatic rings. The molecular formula is C21H18N2O2. The SMILES string of the molecule is CCc1oc2ccccc2c1/C=C(\C#N)C(=O)NCc1ccccc1. The van der Waals surface area contributed by atoms with E-state index in [4.69, 9.17) is 4.42 Å². The predicted molar refractivity (Wildman–Crippen MR) is 97.5 cm³/mol. The molecule has 0 bridgehead atoms. The van der Waals surface area contributed by atoms with Crippen molar-refractivity contribution < 1.29 is 9.21 Å². The van der Waals surface area contributed by atoms with E-state index in [1.54, 1.807) is 6.08 Å². The zero-order chi connectivity index (χ0) is 17.6. The maximum absolute atomic E-state index is 12.4. The monoisotopic (exact) mass is 330 g/mol. The lowest BCUT2D eigenvalue weighted by atomic mass is 10.1. The van der Waals surface area contributed by atoms with Crippen molar-refractivity contribution in [3.63, 3.8) is 0 Å². The van der Waals surface area contributed by atoms with Gasteiger partial charge in [-0.05, 0) is 17.7 Å². The number of nitriles is 1. The molecule has 0 radical (unpaired) electrons. The van der Waals surface area contributed by atoms with Crippen LogP contribution in [0.5, 0.6) is 0 Å². The Kier molecular flexibility index (Phi) is 4.96. The van der Waals surface area contributed by atoms with Crippen LogP contribution in [0.1, 0.15) is 23.8 Å². The van der Waals surface area contributed by atoms with Gasteiger partial charge in [0, 0.05) is 23.9 Å². The van der Waals surface area contributed by atoms with E-state index in [1.165, 1.54) is 0 Å². The number of nitrogens with zero attached hydrogens (tertiary/aromatic N) is 1. The van der Waals surface area contributed by atoms with Crippen LogP contribution in [0.25, 0.3) is 17.0 Å². The fraction of sp³-hybridized carbons (Fsp3) is 0.143. The molecule has 0 saturated carbocycles. The molecule has 4 heteroatoms. The highest BCUT2D eigenvalue weighted by Crippen LogP contribution is 2.28. The molecule has 0 atom stereocenters. The molecule has 4 nitrogen and oxygen atoms in total. The van der Waals surface area contributed by atoms with Crippen LogP contribution < -0.4 is 5.32 Å². The molecule has 0 saturated heterocycles. The zero-order valence-corrected chi connectivity index (χ0v) is 14.0. The van der Waals surface area contributed by atoms with Crippen molar-refractivity contribution >= 4 is 23.0 Å². The summed E-state index contributed by atoms with van der Waals surface area (Å²) >= 11 is 0. The van der Waals surface area contributed by atoms with E-state index < -0.39 is 5.91 Å². The standard InChI is InChI=1S/C21H18N2O2/c1-2-19-18(17-10-6-7-11-20(17)25-19)12-16(13-22)21(24)23-14-15-8-4-3-5-9-15/h3-12H,2,14H2,1H3,(H,23,24)/b16-12+. The van der Waals surface area contributed by atoms with E-state index in [2.05, 4.69) is 5.32 Å². The van der Waals surface area contributed by atoms with Crippen LogP contribution in [0.2, 0.25) is 0 Å². The van der Waals surface area contributed by atoms with Crippen molar-refractivity contribution in [2.24, 2.45) is 0 Å². The van der Waals surface area contributed by atoms with E-state index in [-0.39, 0.29) is 5.57 Å². The quantitative estimate of drug-likeness (QED) is 0.562. The topological polar surface area (TPSA) is 66.0 Å². The first kappa shape index (κ1) is 16.5. The lowest BCUT2D eigenvalue weighted by Crippen LogP contribution is -2.23. The summed E-state index contributed by atoms with van der Waals surface area (Å²) in [6, 6.07) is 19.2. The summed E-state index contributed by atoms with van der Waals surface area (Å²) in [5.41, 5.74) is 2.60. The third-order valence-electron chi connectivity index (χ3n) is 3.98. The highest BCUT2D eigenvalue weighted by Gasteiger charge is 2.15. The highest BCUT2D eigenvalue weighted by molar-refractivity contribution is 6.04. The molecule has 0 aliphatic heterocycles. The summed E-state index contributed by atoms with van der Waals surface area (Å²) < 4.78 is 5.82. The van der Waals surface area contributed by atoms with E-state index >= 15 is 0 Å². The average Bonchev–Trinajstić information content (AvgIpc) is 3.02. The molecule has 1 N–H and O–H groups in total. The molecule has 124 valence electrons. The molecule has 1 heterocycles. The second-order valence-electron chi connectivity index (χ2n) is 5.63. The van der Waals surface area contributed by atoms with Crippen molar-refractivity contribution in [2.75, 3.05) is 0 Å². The smallest absolute Gasteiger partial charge is 0.262 e. The lowest BCUT2D eigenvalue weighted by Gasteiger charge is -2.04. The predicted octanol–water partition coefficient (Wildman–Crippen LogP) is 4.22. The summed E-state index contributed by atoms with van der Waals surface area (Å²) in [6.45, 7) is 2.36. The van der Waals surface area contributed by atoms with Gasteiger partial charge in [-0.15, -0.1) is 0 Å². The molecule has 1 aromatic heterocycles. The van der Waals surface area contributed by atoms with Gasteiger partial charge in [0.1, 0.15) is 23.0 Å². The van der Waals surface area contributed by atoms with Crippen LogP contribution >= 0.6 is 0 Å². The van der Waals surface area contributed by atoms with Gasteiger partial charge in [0.25, 0.3) is 5.91 Å².